The van der Waals surface area contributed by atoms with Crippen LogP contribution in [-0.2, 0) is 11.0 Å². The van der Waals surface area contributed by atoms with Crippen molar-refractivity contribution in [3.05, 3.63) is 35.4 Å². The molecule has 3 nitrogen and oxygen atoms in total. The minimum absolute atomic E-state index is 0.0719. The molecule has 1 rings (SSSR count). The number of benzene rings is 1. The van der Waals surface area contributed by atoms with E-state index >= 15 is 0 Å². The summed E-state index contributed by atoms with van der Waals surface area (Å²) >= 11 is 0. The lowest BCUT2D eigenvalue weighted by molar-refractivity contribution is -0.140. The van der Waals surface area contributed by atoms with E-state index in [1.54, 1.807) is 0 Å². The highest BCUT2D eigenvalue weighted by Crippen LogP contribution is 2.30. The summed E-state index contributed by atoms with van der Waals surface area (Å²) in [6.07, 6.45) is -4.49. The van der Waals surface area contributed by atoms with Crippen LogP contribution in [-0.4, -0.2) is 11.1 Å². The number of carbonyl (C=O) groups is 1. The van der Waals surface area contributed by atoms with Crippen LogP contribution in [0.3, 0.4) is 0 Å². The molecule has 0 unspecified atom stereocenters. The molecule has 0 aliphatic heterocycles. The lowest BCUT2D eigenvalue weighted by Gasteiger charge is -2.10. The van der Waals surface area contributed by atoms with E-state index in [2.05, 4.69) is 0 Å². The number of carboxylic acids is 1. The number of rotatable bonds is 2. The van der Waals surface area contributed by atoms with Gasteiger partial charge in [-0.05, 0) is 17.7 Å². The van der Waals surface area contributed by atoms with Crippen molar-refractivity contribution in [1.29, 1.82) is 0 Å². The molecule has 15 heavy (non-hydrogen) atoms. The number of halogens is 3. The Balaban J connectivity index is 3.08. The Kier molecular flexibility index (Phi) is 2.99. The van der Waals surface area contributed by atoms with Gasteiger partial charge in [-0.15, -0.1) is 0 Å². The minimum atomic E-state index is -4.49. The molecule has 0 heterocycles. The number of carboxylic acid groups (broad SMARTS) is 1. The third-order valence-electron chi connectivity index (χ3n) is 1.84. The van der Waals surface area contributed by atoms with E-state index in [4.69, 9.17) is 10.8 Å². The standard InChI is InChI=1S/C9H8F3NO2/c10-9(11,12)6-3-1-2-5(4-6)7(13)8(14)15/h1-4,7H,13H2,(H,14,15)/t7-/m1/s1. The van der Waals surface area contributed by atoms with Gasteiger partial charge in [0.25, 0.3) is 0 Å². The van der Waals surface area contributed by atoms with Gasteiger partial charge >= 0.3 is 12.1 Å². The molecule has 6 heteroatoms. The van der Waals surface area contributed by atoms with Gasteiger partial charge in [0.2, 0.25) is 0 Å². The first-order chi connectivity index (χ1) is 6.82. The summed E-state index contributed by atoms with van der Waals surface area (Å²) < 4.78 is 36.7. The Morgan fingerprint density at radius 2 is 2.00 bits per heavy atom. The Morgan fingerprint density at radius 3 is 2.47 bits per heavy atom. The maximum atomic E-state index is 12.2. The molecule has 0 radical (unpaired) electrons. The van der Waals surface area contributed by atoms with Crippen molar-refractivity contribution in [2.24, 2.45) is 5.73 Å². The molecular weight excluding hydrogens is 211 g/mol. The molecule has 0 bridgehead atoms. The van der Waals surface area contributed by atoms with Crippen LogP contribution in [0.25, 0.3) is 0 Å². The fraction of sp³-hybridized carbons (Fsp3) is 0.222. The van der Waals surface area contributed by atoms with Crippen LogP contribution in [0.15, 0.2) is 24.3 Å². The van der Waals surface area contributed by atoms with Gasteiger partial charge in [-0.3, -0.25) is 4.79 Å². The van der Waals surface area contributed by atoms with Crippen LogP contribution in [0.4, 0.5) is 13.2 Å². The fourth-order valence-electron chi connectivity index (χ4n) is 1.05. The number of nitrogens with two attached hydrogens (primary N) is 1. The molecule has 1 atom stereocenters. The highest BCUT2D eigenvalue weighted by molar-refractivity contribution is 5.75. The van der Waals surface area contributed by atoms with Crippen LogP contribution < -0.4 is 5.73 Å². The smallest absolute Gasteiger partial charge is 0.416 e. The number of hydrogen-bond donors (Lipinski definition) is 2. The minimum Gasteiger partial charge on any atom is -0.480 e. The summed E-state index contributed by atoms with van der Waals surface area (Å²) in [5.41, 5.74) is 4.21. The van der Waals surface area contributed by atoms with Gasteiger partial charge in [0.05, 0.1) is 5.56 Å². The van der Waals surface area contributed by atoms with Crippen molar-refractivity contribution >= 4 is 5.97 Å². The monoisotopic (exact) mass is 219 g/mol. The second-order valence-corrected chi connectivity index (χ2v) is 2.94. The molecule has 0 amide bonds. The van der Waals surface area contributed by atoms with Crippen molar-refractivity contribution in [2.75, 3.05) is 0 Å². The molecule has 0 saturated heterocycles. The zero-order chi connectivity index (χ0) is 11.6. The second-order valence-electron chi connectivity index (χ2n) is 2.94. The summed E-state index contributed by atoms with van der Waals surface area (Å²) in [5, 5.41) is 8.52. The van der Waals surface area contributed by atoms with Crippen molar-refractivity contribution in [3.63, 3.8) is 0 Å². The van der Waals surface area contributed by atoms with E-state index in [0.717, 1.165) is 18.2 Å². The lowest BCUT2D eigenvalue weighted by Crippen LogP contribution is -2.21. The molecular formula is C9H8F3NO2. The highest BCUT2D eigenvalue weighted by atomic mass is 19.4. The van der Waals surface area contributed by atoms with E-state index in [9.17, 15) is 18.0 Å². The molecule has 3 N–H and O–H groups in total. The van der Waals surface area contributed by atoms with Crippen LogP contribution in [0.1, 0.15) is 17.2 Å². The van der Waals surface area contributed by atoms with Gasteiger partial charge in [-0.2, -0.15) is 13.2 Å². The molecule has 1 aromatic carbocycles. The summed E-state index contributed by atoms with van der Waals surface area (Å²) in [7, 11) is 0. The predicted octanol–water partition coefficient (Wildman–Crippen LogP) is 1.79. The molecule has 0 aliphatic rings. The Hall–Kier alpha value is -1.56. The Morgan fingerprint density at radius 1 is 1.40 bits per heavy atom. The first-order valence-corrected chi connectivity index (χ1v) is 3.98. The van der Waals surface area contributed by atoms with E-state index in [0.29, 0.717) is 0 Å². The van der Waals surface area contributed by atoms with Crippen molar-refractivity contribution in [3.8, 4) is 0 Å². The summed E-state index contributed by atoms with van der Waals surface area (Å²) in [6, 6.07) is 2.53. The van der Waals surface area contributed by atoms with Crippen LogP contribution >= 0.6 is 0 Å². The number of aliphatic carboxylic acids is 1. The zero-order valence-corrected chi connectivity index (χ0v) is 7.45. The molecule has 0 saturated carbocycles. The number of hydrogen-bond acceptors (Lipinski definition) is 2. The van der Waals surface area contributed by atoms with Gasteiger partial charge in [0.15, 0.2) is 0 Å². The lowest BCUT2D eigenvalue weighted by atomic mass is 10.0. The van der Waals surface area contributed by atoms with Crippen LogP contribution in [0.2, 0.25) is 0 Å². The van der Waals surface area contributed by atoms with E-state index in [1.165, 1.54) is 6.07 Å². The van der Waals surface area contributed by atoms with Crippen molar-refractivity contribution < 1.29 is 23.1 Å². The quantitative estimate of drug-likeness (QED) is 0.796. The third kappa shape index (κ3) is 2.69. The largest absolute Gasteiger partial charge is 0.480 e. The molecule has 0 spiro atoms. The summed E-state index contributed by atoms with van der Waals surface area (Å²) in [4.78, 5) is 10.5. The molecule has 0 aliphatic carbocycles. The first-order valence-electron chi connectivity index (χ1n) is 3.98. The predicted molar refractivity (Wildman–Crippen MR) is 46.0 cm³/mol. The molecule has 1 aromatic rings. The van der Waals surface area contributed by atoms with Gasteiger partial charge < -0.3 is 10.8 Å². The number of alkyl halides is 3. The fourth-order valence-corrected chi connectivity index (χ4v) is 1.05. The maximum absolute atomic E-state index is 12.2. The van der Waals surface area contributed by atoms with Gasteiger partial charge in [0, 0.05) is 0 Å². The molecule has 0 aromatic heterocycles. The van der Waals surface area contributed by atoms with E-state index < -0.39 is 23.8 Å². The highest BCUT2D eigenvalue weighted by Gasteiger charge is 2.31. The molecule has 0 fully saturated rings. The Bertz CT molecular complexity index is 376. The van der Waals surface area contributed by atoms with Gasteiger partial charge in [-0.25, -0.2) is 0 Å². The second kappa shape index (κ2) is 3.90. The van der Waals surface area contributed by atoms with Gasteiger partial charge in [0.1, 0.15) is 6.04 Å². The summed E-state index contributed by atoms with van der Waals surface area (Å²) in [6.45, 7) is 0. The normalized spacial score (nSPS) is 13.6. The van der Waals surface area contributed by atoms with Gasteiger partial charge in [-0.1, -0.05) is 12.1 Å². The summed E-state index contributed by atoms with van der Waals surface area (Å²) in [5.74, 6) is -1.37. The average Bonchev–Trinajstić information content (AvgIpc) is 2.15. The van der Waals surface area contributed by atoms with Crippen molar-refractivity contribution in [1.82, 2.24) is 0 Å². The maximum Gasteiger partial charge on any atom is 0.416 e. The SMILES string of the molecule is N[C@@H](C(=O)O)c1cccc(C(F)(F)F)c1. The molecule has 82 valence electrons. The van der Waals surface area contributed by atoms with Crippen LogP contribution in [0.5, 0.6) is 0 Å². The first kappa shape index (κ1) is 11.5. The van der Waals surface area contributed by atoms with E-state index in [-0.39, 0.29) is 5.56 Å². The zero-order valence-electron chi connectivity index (χ0n) is 7.45. The van der Waals surface area contributed by atoms with Crippen molar-refractivity contribution in [2.45, 2.75) is 12.2 Å². The topological polar surface area (TPSA) is 63.3 Å². The van der Waals surface area contributed by atoms with Crippen LogP contribution in [0, 0.1) is 0 Å². The Labute approximate surface area is 83.3 Å². The third-order valence-corrected chi connectivity index (χ3v) is 1.84. The average molecular weight is 219 g/mol. The van der Waals surface area contributed by atoms with E-state index in [1.807, 2.05) is 0 Å².